The van der Waals surface area contributed by atoms with E-state index >= 15 is 0 Å². The van der Waals surface area contributed by atoms with Crippen molar-refractivity contribution in [2.24, 2.45) is 0 Å². The maximum Gasteiger partial charge on any atom is 0.341 e. The Kier molecular flexibility index (Phi) is 6.74. The predicted molar refractivity (Wildman–Crippen MR) is 97.8 cm³/mol. The molecular weight excluding hydrogens is 358 g/mol. The molecule has 7 nitrogen and oxygen atoms in total. The smallest absolute Gasteiger partial charge is 0.341 e. The van der Waals surface area contributed by atoms with Crippen LogP contribution in [-0.2, 0) is 14.3 Å². The molecule has 0 unspecified atom stereocenters. The normalized spacial score (nSPS) is 10.2. The van der Waals surface area contributed by atoms with Crippen molar-refractivity contribution in [2.45, 2.75) is 19.8 Å². The average molecular weight is 377 g/mol. The summed E-state index contributed by atoms with van der Waals surface area (Å²) in [5, 5.41) is 13.4. The van der Waals surface area contributed by atoms with E-state index in [-0.39, 0.29) is 25.0 Å². The van der Waals surface area contributed by atoms with E-state index in [2.05, 4.69) is 5.32 Å². The van der Waals surface area contributed by atoms with Crippen LogP contribution in [0.3, 0.4) is 0 Å². The van der Waals surface area contributed by atoms with Gasteiger partial charge in [-0.3, -0.25) is 9.59 Å². The fraction of sp³-hybridized carbons (Fsp3) is 0.278. The maximum atomic E-state index is 12.4. The third-order valence-electron chi connectivity index (χ3n) is 3.49. The van der Waals surface area contributed by atoms with Crippen molar-refractivity contribution in [1.82, 2.24) is 0 Å². The molecule has 26 heavy (non-hydrogen) atoms. The van der Waals surface area contributed by atoms with Crippen molar-refractivity contribution in [3.63, 3.8) is 0 Å². The van der Waals surface area contributed by atoms with Gasteiger partial charge in [0.2, 0.25) is 5.91 Å². The third-order valence-corrected chi connectivity index (χ3v) is 4.39. The fourth-order valence-corrected chi connectivity index (χ4v) is 3.22. The highest BCUT2D eigenvalue weighted by Gasteiger charge is 2.23. The molecule has 0 saturated carbocycles. The summed E-state index contributed by atoms with van der Waals surface area (Å²) >= 11 is 1.19. The molecule has 2 N–H and O–H groups in total. The zero-order valence-electron chi connectivity index (χ0n) is 14.4. The van der Waals surface area contributed by atoms with Crippen molar-refractivity contribution in [1.29, 1.82) is 0 Å². The lowest BCUT2D eigenvalue weighted by atomic mass is 10.0. The second kappa shape index (κ2) is 9.00. The van der Waals surface area contributed by atoms with Crippen LogP contribution in [-0.4, -0.2) is 36.7 Å². The maximum absolute atomic E-state index is 12.4. The van der Waals surface area contributed by atoms with E-state index in [1.807, 2.05) is 0 Å². The van der Waals surface area contributed by atoms with Crippen LogP contribution in [0.15, 0.2) is 29.6 Å². The highest BCUT2D eigenvalue weighted by Crippen LogP contribution is 2.37. The lowest BCUT2D eigenvalue weighted by Crippen LogP contribution is -2.15. The van der Waals surface area contributed by atoms with Crippen molar-refractivity contribution in [3.8, 4) is 16.9 Å². The monoisotopic (exact) mass is 377 g/mol. The first-order chi connectivity index (χ1) is 12.5. The SMILES string of the molecule is CCOC(=O)c1c(-c2ccc(OC)cc2)csc1NC(=O)CCC(=O)O. The first-order valence-corrected chi connectivity index (χ1v) is 8.78. The first kappa shape index (κ1) is 19.5. The lowest BCUT2D eigenvalue weighted by molar-refractivity contribution is -0.138. The number of carbonyl (C=O) groups excluding carboxylic acids is 2. The molecule has 2 rings (SSSR count). The number of thiophene rings is 1. The van der Waals surface area contributed by atoms with E-state index in [0.717, 1.165) is 5.56 Å². The van der Waals surface area contributed by atoms with Crippen LogP contribution in [0.5, 0.6) is 5.75 Å². The Hall–Kier alpha value is -2.87. The molecule has 0 bridgehead atoms. The summed E-state index contributed by atoms with van der Waals surface area (Å²) in [5.41, 5.74) is 1.66. The van der Waals surface area contributed by atoms with Crippen molar-refractivity contribution in [2.75, 3.05) is 19.0 Å². The van der Waals surface area contributed by atoms with Crippen LogP contribution >= 0.6 is 11.3 Å². The number of hydrogen-bond acceptors (Lipinski definition) is 6. The summed E-state index contributed by atoms with van der Waals surface area (Å²) in [5.74, 6) is -1.39. The molecule has 0 spiro atoms. The molecule has 1 heterocycles. The van der Waals surface area contributed by atoms with Gasteiger partial charge < -0.3 is 19.9 Å². The number of esters is 1. The molecule has 0 atom stereocenters. The molecule has 8 heteroatoms. The van der Waals surface area contributed by atoms with Crippen molar-refractivity contribution < 1.29 is 29.0 Å². The first-order valence-electron chi connectivity index (χ1n) is 7.91. The number of carboxylic acids is 1. The summed E-state index contributed by atoms with van der Waals surface area (Å²) in [6.45, 7) is 1.89. The van der Waals surface area contributed by atoms with Gasteiger partial charge in [-0.25, -0.2) is 4.79 Å². The van der Waals surface area contributed by atoms with Gasteiger partial charge in [-0.05, 0) is 24.6 Å². The second-order valence-electron chi connectivity index (χ2n) is 5.24. The molecule has 1 amide bonds. The second-order valence-corrected chi connectivity index (χ2v) is 6.12. The number of amides is 1. The minimum atomic E-state index is -1.06. The lowest BCUT2D eigenvalue weighted by Gasteiger charge is -2.09. The van der Waals surface area contributed by atoms with Gasteiger partial charge in [0.25, 0.3) is 0 Å². The van der Waals surface area contributed by atoms with Gasteiger partial charge in [-0.15, -0.1) is 11.3 Å². The Morgan fingerprint density at radius 3 is 2.42 bits per heavy atom. The van der Waals surface area contributed by atoms with Gasteiger partial charge >= 0.3 is 11.9 Å². The molecule has 0 radical (unpaired) electrons. The minimum Gasteiger partial charge on any atom is -0.497 e. The summed E-state index contributed by atoms with van der Waals surface area (Å²) < 4.78 is 10.2. The molecule has 1 aromatic heterocycles. The van der Waals surface area contributed by atoms with Gasteiger partial charge in [0.1, 0.15) is 16.3 Å². The van der Waals surface area contributed by atoms with Crippen molar-refractivity contribution in [3.05, 3.63) is 35.2 Å². The van der Waals surface area contributed by atoms with E-state index in [0.29, 0.717) is 16.3 Å². The predicted octanol–water partition coefficient (Wildman–Crippen LogP) is 3.40. The van der Waals surface area contributed by atoms with E-state index < -0.39 is 17.8 Å². The average Bonchev–Trinajstić information content (AvgIpc) is 3.03. The Morgan fingerprint density at radius 1 is 1.15 bits per heavy atom. The molecule has 0 saturated heterocycles. The van der Waals surface area contributed by atoms with E-state index in [9.17, 15) is 14.4 Å². The summed E-state index contributed by atoms with van der Waals surface area (Å²) in [6, 6.07) is 7.15. The number of carbonyl (C=O) groups is 3. The Morgan fingerprint density at radius 2 is 1.85 bits per heavy atom. The Balaban J connectivity index is 2.33. The van der Waals surface area contributed by atoms with Crippen LogP contribution in [0.1, 0.15) is 30.1 Å². The highest BCUT2D eigenvalue weighted by atomic mass is 32.1. The van der Waals surface area contributed by atoms with Crippen LogP contribution in [0.4, 0.5) is 5.00 Å². The number of anilines is 1. The number of benzene rings is 1. The van der Waals surface area contributed by atoms with Crippen LogP contribution in [0.2, 0.25) is 0 Å². The number of rotatable bonds is 8. The molecule has 0 fully saturated rings. The zero-order valence-corrected chi connectivity index (χ0v) is 15.2. The Labute approximate surface area is 154 Å². The topological polar surface area (TPSA) is 102 Å². The highest BCUT2D eigenvalue weighted by molar-refractivity contribution is 7.15. The minimum absolute atomic E-state index is 0.173. The van der Waals surface area contributed by atoms with Gasteiger partial charge in [-0.1, -0.05) is 12.1 Å². The largest absolute Gasteiger partial charge is 0.497 e. The van der Waals surface area contributed by atoms with Gasteiger partial charge in [0.15, 0.2) is 0 Å². The van der Waals surface area contributed by atoms with Gasteiger partial charge in [0.05, 0.1) is 20.1 Å². The summed E-state index contributed by atoms with van der Waals surface area (Å²) in [6.07, 6.45) is -0.454. The summed E-state index contributed by atoms with van der Waals surface area (Å²) in [4.78, 5) is 34.9. The molecule has 0 aliphatic rings. The van der Waals surface area contributed by atoms with E-state index in [1.54, 1.807) is 43.7 Å². The van der Waals surface area contributed by atoms with Gasteiger partial charge in [-0.2, -0.15) is 0 Å². The number of hydrogen-bond donors (Lipinski definition) is 2. The number of methoxy groups -OCH3 is 1. The standard InChI is InChI=1S/C18H19NO6S/c1-3-25-18(23)16-13(11-4-6-12(24-2)7-5-11)10-26-17(16)19-14(20)8-9-15(21)22/h4-7,10H,3,8-9H2,1-2H3,(H,19,20)(H,21,22). The van der Waals surface area contributed by atoms with E-state index in [4.69, 9.17) is 14.6 Å². The zero-order chi connectivity index (χ0) is 19.1. The van der Waals surface area contributed by atoms with E-state index in [1.165, 1.54) is 11.3 Å². The molecule has 0 aliphatic carbocycles. The van der Waals surface area contributed by atoms with Crippen LogP contribution < -0.4 is 10.1 Å². The van der Waals surface area contributed by atoms with Crippen LogP contribution in [0.25, 0.3) is 11.1 Å². The number of carboxylic acid groups (broad SMARTS) is 1. The fourth-order valence-electron chi connectivity index (χ4n) is 2.25. The number of ether oxygens (including phenoxy) is 2. The number of nitrogens with one attached hydrogen (secondary N) is 1. The summed E-state index contributed by atoms with van der Waals surface area (Å²) in [7, 11) is 1.56. The van der Waals surface area contributed by atoms with Crippen LogP contribution in [0, 0.1) is 0 Å². The molecule has 0 aliphatic heterocycles. The quantitative estimate of drug-likeness (QED) is 0.684. The molecular formula is C18H19NO6S. The third kappa shape index (κ3) is 4.82. The molecule has 138 valence electrons. The van der Waals surface area contributed by atoms with Gasteiger partial charge in [0, 0.05) is 17.4 Å². The molecule has 1 aromatic carbocycles. The van der Waals surface area contributed by atoms with Crippen molar-refractivity contribution >= 4 is 34.2 Å². The molecule has 2 aromatic rings. The number of aliphatic carboxylic acids is 1. The Bertz CT molecular complexity index is 797.